The summed E-state index contributed by atoms with van der Waals surface area (Å²) in [7, 11) is 1.59. The van der Waals surface area contributed by atoms with Gasteiger partial charge in [-0.15, -0.1) is 35.6 Å². The van der Waals surface area contributed by atoms with E-state index in [2.05, 4.69) is 4.99 Å². The number of rotatable bonds is 9. The van der Waals surface area contributed by atoms with Crippen LogP contribution in [0.2, 0.25) is 0 Å². The van der Waals surface area contributed by atoms with Gasteiger partial charge in [0.15, 0.2) is 0 Å². The van der Waals surface area contributed by atoms with Gasteiger partial charge >= 0.3 is 5.97 Å². The van der Waals surface area contributed by atoms with Gasteiger partial charge in [-0.2, -0.15) is 0 Å². The van der Waals surface area contributed by atoms with Crippen molar-refractivity contribution in [1.29, 1.82) is 0 Å². The maximum atomic E-state index is 10.9. The average molecular weight is 448 g/mol. The molecule has 0 atom stereocenters. The molecule has 0 heterocycles. The molecule has 0 aliphatic rings. The third kappa shape index (κ3) is 6.19. The lowest BCUT2D eigenvalue weighted by Gasteiger charge is -2.25. The van der Waals surface area contributed by atoms with Crippen molar-refractivity contribution in [2.75, 3.05) is 36.9 Å². The lowest BCUT2D eigenvalue weighted by molar-refractivity contribution is 0.0694. The first-order chi connectivity index (χ1) is 13.0. The first kappa shape index (κ1) is 23.9. The molecular formula is C19H21Cl3N2O4. The van der Waals surface area contributed by atoms with Crippen LogP contribution in [0.1, 0.15) is 15.9 Å². The van der Waals surface area contributed by atoms with Crippen LogP contribution in [-0.2, 0) is 0 Å². The maximum Gasteiger partial charge on any atom is 0.339 e. The molecule has 0 unspecified atom stereocenters. The zero-order valence-electron chi connectivity index (χ0n) is 15.1. The Balaban J connectivity index is 0.00000392. The highest BCUT2D eigenvalue weighted by molar-refractivity contribution is 6.18. The standard InChI is InChI=1S/C19H20Cl2N2O4.ClH/c1-27-18-10-13(2-5-16(18)23(8-6-20)9-7-21)12-22-14-3-4-15(19(25)26)17(24)11-14;/h2-5,10-12,24H,6-9H2,1H3,(H,25,26);1H. The average Bonchev–Trinajstić information content (AvgIpc) is 2.65. The number of aromatic carboxylic acids is 1. The van der Waals surface area contributed by atoms with E-state index in [9.17, 15) is 9.90 Å². The second-order valence-corrected chi connectivity index (χ2v) is 6.32. The summed E-state index contributed by atoms with van der Waals surface area (Å²) in [6.45, 7) is 1.29. The highest BCUT2D eigenvalue weighted by Crippen LogP contribution is 2.29. The molecule has 0 saturated heterocycles. The van der Waals surface area contributed by atoms with Crippen molar-refractivity contribution in [2.45, 2.75) is 0 Å². The van der Waals surface area contributed by atoms with Gasteiger partial charge in [-0.25, -0.2) is 4.79 Å². The minimum Gasteiger partial charge on any atom is -0.507 e. The minimum atomic E-state index is -1.19. The van der Waals surface area contributed by atoms with Gasteiger partial charge in [-0.3, -0.25) is 4.99 Å². The van der Waals surface area contributed by atoms with E-state index >= 15 is 0 Å². The summed E-state index contributed by atoms with van der Waals surface area (Å²) >= 11 is 11.7. The van der Waals surface area contributed by atoms with Crippen LogP contribution >= 0.6 is 35.6 Å². The number of ether oxygens (including phenoxy) is 1. The number of methoxy groups -OCH3 is 1. The molecule has 0 bridgehead atoms. The van der Waals surface area contributed by atoms with Gasteiger partial charge in [0.05, 0.1) is 18.5 Å². The molecule has 0 aliphatic heterocycles. The van der Waals surface area contributed by atoms with Crippen molar-refractivity contribution >= 4 is 59.2 Å². The van der Waals surface area contributed by atoms with E-state index < -0.39 is 5.97 Å². The van der Waals surface area contributed by atoms with Crippen LogP contribution in [0.25, 0.3) is 0 Å². The smallest absolute Gasteiger partial charge is 0.339 e. The zero-order valence-corrected chi connectivity index (χ0v) is 17.5. The summed E-state index contributed by atoms with van der Waals surface area (Å²) in [6.07, 6.45) is 1.61. The van der Waals surface area contributed by atoms with Crippen LogP contribution in [0.4, 0.5) is 11.4 Å². The summed E-state index contributed by atoms with van der Waals surface area (Å²) in [4.78, 5) is 17.2. The molecule has 0 spiro atoms. The Labute approximate surface area is 179 Å². The highest BCUT2D eigenvalue weighted by atomic mass is 35.5. The van der Waals surface area contributed by atoms with Crippen molar-refractivity contribution in [3.05, 3.63) is 47.5 Å². The van der Waals surface area contributed by atoms with E-state index in [-0.39, 0.29) is 23.7 Å². The first-order valence-corrected chi connectivity index (χ1v) is 9.22. The molecule has 28 heavy (non-hydrogen) atoms. The summed E-state index contributed by atoms with van der Waals surface area (Å²) in [5, 5.41) is 18.7. The molecule has 2 aromatic rings. The number of alkyl halides is 2. The predicted octanol–water partition coefficient (Wildman–Crippen LogP) is 4.56. The summed E-state index contributed by atoms with van der Waals surface area (Å²) in [6, 6.07) is 9.75. The Kier molecular flexibility index (Phi) is 9.93. The molecule has 0 aromatic heterocycles. The van der Waals surface area contributed by atoms with Crippen molar-refractivity contribution in [1.82, 2.24) is 0 Å². The van der Waals surface area contributed by atoms with Crippen LogP contribution < -0.4 is 9.64 Å². The monoisotopic (exact) mass is 446 g/mol. The fourth-order valence-corrected chi connectivity index (χ4v) is 2.93. The number of hydrogen-bond acceptors (Lipinski definition) is 5. The van der Waals surface area contributed by atoms with Gasteiger partial charge in [-0.05, 0) is 29.8 Å². The number of aromatic hydroxyl groups is 1. The summed E-state index contributed by atoms with van der Waals surface area (Å²) in [5.41, 5.74) is 1.94. The number of benzene rings is 2. The van der Waals surface area contributed by atoms with Crippen molar-refractivity contribution in [3.8, 4) is 11.5 Å². The van der Waals surface area contributed by atoms with Gasteiger partial charge < -0.3 is 19.8 Å². The van der Waals surface area contributed by atoms with E-state index in [0.29, 0.717) is 36.3 Å². The predicted molar refractivity (Wildman–Crippen MR) is 116 cm³/mol. The molecule has 2 aromatic carbocycles. The van der Waals surface area contributed by atoms with Crippen molar-refractivity contribution in [3.63, 3.8) is 0 Å². The van der Waals surface area contributed by atoms with Crippen LogP contribution in [0.15, 0.2) is 41.4 Å². The maximum absolute atomic E-state index is 10.9. The topological polar surface area (TPSA) is 82.4 Å². The molecule has 0 aliphatic carbocycles. The summed E-state index contributed by atoms with van der Waals surface area (Å²) < 4.78 is 5.48. The van der Waals surface area contributed by atoms with Crippen LogP contribution in [0, 0.1) is 0 Å². The molecule has 0 amide bonds. The fraction of sp³-hybridized carbons (Fsp3) is 0.263. The van der Waals surface area contributed by atoms with E-state index in [0.717, 1.165) is 11.3 Å². The van der Waals surface area contributed by atoms with Gasteiger partial charge in [-0.1, -0.05) is 6.07 Å². The van der Waals surface area contributed by atoms with Gasteiger partial charge in [0, 0.05) is 37.1 Å². The Morgan fingerprint density at radius 2 is 1.86 bits per heavy atom. The number of carboxylic acids is 1. The largest absolute Gasteiger partial charge is 0.507 e. The number of aliphatic imine (C=N–C) groups is 1. The Morgan fingerprint density at radius 1 is 1.18 bits per heavy atom. The van der Waals surface area contributed by atoms with Gasteiger partial charge in [0.2, 0.25) is 0 Å². The normalized spacial score (nSPS) is 10.5. The quantitative estimate of drug-likeness (QED) is 0.435. The molecule has 0 fully saturated rings. The SMILES string of the molecule is COc1cc(C=Nc2ccc(C(=O)O)c(O)c2)ccc1N(CCCl)CCCl.Cl. The molecule has 152 valence electrons. The number of anilines is 1. The Morgan fingerprint density at radius 3 is 2.39 bits per heavy atom. The van der Waals surface area contributed by atoms with E-state index in [1.807, 2.05) is 23.1 Å². The number of phenols is 1. The van der Waals surface area contributed by atoms with Gasteiger partial charge in [0.1, 0.15) is 17.1 Å². The first-order valence-electron chi connectivity index (χ1n) is 8.15. The fourth-order valence-electron chi connectivity index (χ4n) is 2.52. The number of hydrogen-bond donors (Lipinski definition) is 2. The second-order valence-electron chi connectivity index (χ2n) is 5.56. The number of carboxylic acid groups (broad SMARTS) is 1. The van der Waals surface area contributed by atoms with Crippen molar-refractivity contribution < 1.29 is 19.7 Å². The molecule has 0 saturated carbocycles. The third-order valence-corrected chi connectivity index (χ3v) is 4.17. The lowest BCUT2D eigenvalue weighted by atomic mass is 10.1. The number of nitrogens with zero attached hydrogens (tertiary/aromatic N) is 2. The van der Waals surface area contributed by atoms with E-state index in [4.69, 9.17) is 33.0 Å². The van der Waals surface area contributed by atoms with E-state index in [1.165, 1.54) is 18.2 Å². The van der Waals surface area contributed by atoms with Crippen molar-refractivity contribution in [2.24, 2.45) is 4.99 Å². The molecular weight excluding hydrogens is 427 g/mol. The lowest BCUT2D eigenvalue weighted by Crippen LogP contribution is -2.28. The molecule has 0 radical (unpaired) electrons. The third-order valence-electron chi connectivity index (χ3n) is 3.83. The van der Waals surface area contributed by atoms with E-state index in [1.54, 1.807) is 13.3 Å². The molecule has 2 rings (SSSR count). The molecule has 2 N–H and O–H groups in total. The highest BCUT2D eigenvalue weighted by Gasteiger charge is 2.12. The van der Waals surface area contributed by atoms with Crippen LogP contribution in [0.5, 0.6) is 11.5 Å². The zero-order chi connectivity index (χ0) is 19.8. The number of halogens is 3. The summed E-state index contributed by atoms with van der Waals surface area (Å²) in [5.74, 6) is 0.0842. The Hall–Kier alpha value is -2.15. The molecule has 9 heteroatoms. The minimum absolute atomic E-state index is 0. The number of carbonyl (C=O) groups is 1. The van der Waals surface area contributed by atoms with Crippen LogP contribution in [-0.4, -0.2) is 54.4 Å². The van der Waals surface area contributed by atoms with Crippen LogP contribution in [0.3, 0.4) is 0 Å². The molecule has 6 nitrogen and oxygen atoms in total. The Bertz CT molecular complexity index is 825. The second kappa shape index (κ2) is 11.6. The van der Waals surface area contributed by atoms with Gasteiger partial charge in [0.25, 0.3) is 0 Å².